The van der Waals surface area contributed by atoms with Gasteiger partial charge in [0.2, 0.25) is 11.8 Å². The van der Waals surface area contributed by atoms with Gasteiger partial charge in [0, 0.05) is 6.42 Å². The largest absolute Gasteiger partial charge is 0.344 e. The van der Waals surface area contributed by atoms with Crippen molar-refractivity contribution in [3.05, 3.63) is 41.7 Å². The van der Waals surface area contributed by atoms with Crippen molar-refractivity contribution < 1.29 is 9.59 Å². The molecule has 0 radical (unpaired) electrons. The molecule has 2 heterocycles. The molecule has 0 aliphatic carbocycles. The van der Waals surface area contributed by atoms with E-state index in [4.69, 9.17) is 11.6 Å². The van der Waals surface area contributed by atoms with E-state index in [0.717, 1.165) is 12.1 Å². The Bertz CT molecular complexity index is 713. The van der Waals surface area contributed by atoms with Crippen molar-refractivity contribution in [3.63, 3.8) is 0 Å². The number of hydrogen-bond acceptors (Lipinski definition) is 3. The fourth-order valence-electron chi connectivity index (χ4n) is 2.39. The molecule has 0 saturated carbocycles. The number of hydrogen-bond donors (Lipinski definition) is 2. The second-order valence-corrected chi connectivity index (χ2v) is 5.53. The van der Waals surface area contributed by atoms with Crippen LogP contribution in [0.25, 0.3) is 5.69 Å². The lowest BCUT2D eigenvalue weighted by atomic mass is 10.0. The van der Waals surface area contributed by atoms with Crippen molar-refractivity contribution in [1.82, 2.24) is 15.1 Å². The van der Waals surface area contributed by atoms with Gasteiger partial charge >= 0.3 is 0 Å². The van der Waals surface area contributed by atoms with Gasteiger partial charge in [-0.2, -0.15) is 5.10 Å². The van der Waals surface area contributed by atoms with Crippen molar-refractivity contribution in [3.8, 4) is 5.69 Å². The number of anilines is 1. The monoisotopic (exact) mass is 318 g/mol. The number of aromatic nitrogens is 2. The zero-order valence-electron chi connectivity index (χ0n) is 11.8. The first kappa shape index (κ1) is 14.6. The highest BCUT2D eigenvalue weighted by molar-refractivity contribution is 6.32. The Morgan fingerprint density at radius 2 is 2.23 bits per heavy atom. The van der Waals surface area contributed by atoms with Crippen LogP contribution in [0.5, 0.6) is 0 Å². The number of amides is 2. The maximum absolute atomic E-state index is 12.1. The number of piperidine rings is 1. The number of carbonyl (C=O) groups is 2. The maximum Gasteiger partial charge on any atom is 0.247 e. The molecule has 0 spiro atoms. The number of halogens is 1. The minimum absolute atomic E-state index is 0.0850. The van der Waals surface area contributed by atoms with Crippen LogP contribution in [0.4, 0.5) is 5.69 Å². The molecule has 0 bridgehead atoms. The topological polar surface area (TPSA) is 76.0 Å². The molecule has 2 aromatic rings. The van der Waals surface area contributed by atoms with Gasteiger partial charge in [-0.15, -0.1) is 0 Å². The van der Waals surface area contributed by atoms with Crippen molar-refractivity contribution in [1.29, 1.82) is 0 Å². The van der Waals surface area contributed by atoms with E-state index in [9.17, 15) is 9.59 Å². The van der Waals surface area contributed by atoms with E-state index in [1.807, 2.05) is 18.2 Å². The average Bonchev–Trinajstić information content (AvgIpc) is 2.96. The van der Waals surface area contributed by atoms with Gasteiger partial charge in [0.1, 0.15) is 6.04 Å². The third-order valence-electron chi connectivity index (χ3n) is 3.50. The van der Waals surface area contributed by atoms with E-state index < -0.39 is 6.04 Å². The van der Waals surface area contributed by atoms with Gasteiger partial charge in [0.05, 0.1) is 28.8 Å². The van der Waals surface area contributed by atoms with Gasteiger partial charge in [-0.3, -0.25) is 9.59 Å². The van der Waals surface area contributed by atoms with Crippen molar-refractivity contribution in [2.24, 2.45) is 0 Å². The minimum Gasteiger partial charge on any atom is -0.344 e. The van der Waals surface area contributed by atoms with Crippen LogP contribution >= 0.6 is 11.6 Å². The van der Waals surface area contributed by atoms with Gasteiger partial charge in [-0.05, 0) is 25.0 Å². The van der Waals surface area contributed by atoms with Crippen LogP contribution in [0.2, 0.25) is 5.02 Å². The third-order valence-corrected chi connectivity index (χ3v) is 3.82. The Balaban J connectivity index is 1.70. The molecule has 2 N–H and O–H groups in total. The lowest BCUT2D eigenvalue weighted by molar-refractivity contribution is -0.128. The van der Waals surface area contributed by atoms with Crippen LogP contribution in [0.1, 0.15) is 19.3 Å². The van der Waals surface area contributed by atoms with Crippen LogP contribution in [-0.4, -0.2) is 27.6 Å². The fraction of sp³-hybridized carbons (Fsp3) is 0.267. The maximum atomic E-state index is 12.1. The second kappa shape index (κ2) is 6.19. The summed E-state index contributed by atoms with van der Waals surface area (Å²) in [6, 6.07) is 6.82. The Morgan fingerprint density at radius 3 is 3.00 bits per heavy atom. The molecule has 1 aliphatic rings. The summed E-state index contributed by atoms with van der Waals surface area (Å²) in [7, 11) is 0. The first-order valence-corrected chi connectivity index (χ1v) is 7.41. The summed E-state index contributed by atoms with van der Waals surface area (Å²) < 4.78 is 1.59. The van der Waals surface area contributed by atoms with Crippen molar-refractivity contribution >= 4 is 29.1 Å². The summed E-state index contributed by atoms with van der Waals surface area (Å²) >= 11 is 6.12. The van der Waals surface area contributed by atoms with Crippen LogP contribution in [0, 0.1) is 0 Å². The highest BCUT2D eigenvalue weighted by Crippen LogP contribution is 2.20. The van der Waals surface area contributed by atoms with E-state index in [0.29, 0.717) is 23.6 Å². The molecule has 0 unspecified atom stereocenters. The molecule has 22 heavy (non-hydrogen) atoms. The third kappa shape index (κ3) is 3.12. The summed E-state index contributed by atoms with van der Waals surface area (Å²) in [4.78, 5) is 23.5. The minimum atomic E-state index is -0.482. The number of para-hydroxylation sites is 1. The molecule has 1 aliphatic heterocycles. The Kier molecular flexibility index (Phi) is 4.11. The molecular formula is C15H15ClN4O2. The molecule has 114 valence electrons. The number of rotatable bonds is 3. The van der Waals surface area contributed by atoms with Crippen molar-refractivity contribution in [2.75, 3.05) is 5.32 Å². The van der Waals surface area contributed by atoms with Crippen LogP contribution in [0.15, 0.2) is 36.7 Å². The first-order valence-electron chi connectivity index (χ1n) is 7.03. The van der Waals surface area contributed by atoms with Gasteiger partial charge in [-0.25, -0.2) is 4.68 Å². The van der Waals surface area contributed by atoms with Crippen LogP contribution < -0.4 is 10.6 Å². The van der Waals surface area contributed by atoms with Gasteiger partial charge in [0.25, 0.3) is 0 Å². The molecular weight excluding hydrogens is 304 g/mol. The quantitative estimate of drug-likeness (QED) is 0.910. The highest BCUT2D eigenvalue weighted by Gasteiger charge is 2.24. The molecule has 1 aromatic heterocycles. The fourth-order valence-corrected chi connectivity index (χ4v) is 2.61. The van der Waals surface area contributed by atoms with Crippen LogP contribution in [-0.2, 0) is 9.59 Å². The summed E-state index contributed by atoms with van der Waals surface area (Å²) in [5, 5.41) is 10.2. The zero-order valence-corrected chi connectivity index (χ0v) is 12.5. The smallest absolute Gasteiger partial charge is 0.247 e. The molecule has 1 aromatic carbocycles. The number of nitrogens with zero attached hydrogens (tertiary/aromatic N) is 2. The van der Waals surface area contributed by atoms with Gasteiger partial charge < -0.3 is 10.6 Å². The first-order chi connectivity index (χ1) is 10.6. The van der Waals surface area contributed by atoms with Gasteiger partial charge in [-0.1, -0.05) is 23.7 Å². The van der Waals surface area contributed by atoms with Crippen molar-refractivity contribution in [2.45, 2.75) is 25.3 Å². The lowest BCUT2D eigenvalue weighted by Crippen LogP contribution is -2.46. The zero-order chi connectivity index (χ0) is 15.5. The molecule has 6 nitrogen and oxygen atoms in total. The Labute approximate surface area is 132 Å². The number of carbonyl (C=O) groups excluding carboxylic acids is 2. The number of benzene rings is 1. The highest BCUT2D eigenvalue weighted by atomic mass is 35.5. The van der Waals surface area contributed by atoms with E-state index in [1.165, 1.54) is 0 Å². The predicted molar refractivity (Wildman–Crippen MR) is 83.0 cm³/mol. The summed E-state index contributed by atoms with van der Waals surface area (Å²) in [6.07, 6.45) is 5.09. The summed E-state index contributed by atoms with van der Waals surface area (Å²) in [5.41, 5.74) is 1.29. The number of nitrogens with one attached hydrogen (secondary N) is 2. The average molecular weight is 319 g/mol. The molecule has 2 amide bonds. The molecule has 1 fully saturated rings. The van der Waals surface area contributed by atoms with E-state index >= 15 is 0 Å². The molecule has 3 rings (SSSR count). The van der Waals surface area contributed by atoms with Gasteiger partial charge in [0.15, 0.2) is 0 Å². The van der Waals surface area contributed by atoms with E-state index in [1.54, 1.807) is 23.1 Å². The molecule has 7 heteroatoms. The predicted octanol–water partition coefficient (Wildman–Crippen LogP) is 2.13. The molecule has 1 atom stereocenters. The normalized spacial score (nSPS) is 17.9. The Morgan fingerprint density at radius 1 is 1.41 bits per heavy atom. The molecule has 1 saturated heterocycles. The van der Waals surface area contributed by atoms with Crippen LogP contribution in [0.3, 0.4) is 0 Å². The standard InChI is InChI=1S/C15H15ClN4O2/c16-11-4-1-2-6-13(11)20-9-10(8-17-20)18-15(22)12-5-3-7-14(21)19-12/h1-2,4,6,8-9,12H,3,5,7H2,(H,18,22)(H,19,21)/t12-/m1/s1. The SMILES string of the molecule is O=C1CCC[C@H](C(=O)Nc2cnn(-c3ccccc3Cl)c2)N1. The van der Waals surface area contributed by atoms with E-state index in [2.05, 4.69) is 15.7 Å². The summed E-state index contributed by atoms with van der Waals surface area (Å²) in [6.45, 7) is 0. The van der Waals surface area contributed by atoms with E-state index in [-0.39, 0.29) is 11.8 Å². The summed E-state index contributed by atoms with van der Waals surface area (Å²) in [5.74, 6) is -0.315. The lowest BCUT2D eigenvalue weighted by Gasteiger charge is -2.21. The Hall–Kier alpha value is -2.34. The second-order valence-electron chi connectivity index (χ2n) is 5.13.